The number of para-hydroxylation sites is 1. The smallest absolute Gasteiger partial charge is 0.243 e. The minimum Gasteiger partial charge on any atom is -0.370 e. The molecule has 3 aromatic rings. The summed E-state index contributed by atoms with van der Waals surface area (Å²) in [4.78, 5) is 180. The zero-order chi connectivity index (χ0) is 65.5. The van der Waals surface area contributed by atoms with Crippen LogP contribution >= 0.6 is 24.4 Å². The van der Waals surface area contributed by atoms with Gasteiger partial charge < -0.3 is 85.7 Å². The normalized spacial score (nSPS) is 13.8. The van der Waals surface area contributed by atoms with Crippen LogP contribution in [0.2, 0.25) is 0 Å². The van der Waals surface area contributed by atoms with Crippen molar-refractivity contribution in [3.05, 3.63) is 54.2 Å². The number of nitrogens with two attached hydrogens (primary N) is 3. The molecule has 0 saturated heterocycles. The van der Waals surface area contributed by atoms with E-state index in [1.54, 1.807) is 44.3 Å². The molecule has 0 bridgehead atoms. The lowest BCUT2D eigenvalue weighted by molar-refractivity contribution is -0.135. The number of thioether (sulfide) groups is 1. The summed E-state index contributed by atoms with van der Waals surface area (Å²) < 4.78 is 0. The fourth-order valence-corrected chi connectivity index (χ4v) is 9.47. The zero-order valence-electron chi connectivity index (χ0n) is 50.5. The highest BCUT2D eigenvalue weighted by atomic mass is 32.2. The maximum Gasteiger partial charge on any atom is 0.243 e. The predicted octanol–water partition coefficient (Wildman–Crippen LogP) is -3.42. The van der Waals surface area contributed by atoms with E-state index in [0.29, 0.717) is 36.3 Å². The fraction of sp³-hybridized carbons (Fsp3) is 0.571. The van der Waals surface area contributed by atoms with Gasteiger partial charge in [-0.05, 0) is 74.5 Å². The van der Waals surface area contributed by atoms with Crippen molar-refractivity contribution in [2.45, 2.75) is 147 Å². The Bertz CT molecular complexity index is 2850. The Hall–Kier alpha value is -8.26. The Balaban J connectivity index is 1.69. The third-order valence-corrected chi connectivity index (χ3v) is 14.6. The van der Waals surface area contributed by atoms with Gasteiger partial charge in [0.25, 0.3) is 0 Å². The first-order valence-corrected chi connectivity index (χ1v) is 30.9. The number of fused-ring (bicyclic) bond motifs is 1. The highest BCUT2D eigenvalue weighted by Crippen LogP contribution is 2.20. The highest BCUT2D eigenvalue weighted by Gasteiger charge is 2.34. The lowest BCUT2D eigenvalue weighted by Gasteiger charge is -2.26. The number of nitrogens with zero attached hydrogens (tertiary/aromatic N) is 1. The van der Waals surface area contributed by atoms with Gasteiger partial charge in [0.2, 0.25) is 76.8 Å². The second kappa shape index (κ2) is 38.8. The largest absolute Gasteiger partial charge is 0.370 e. The van der Waals surface area contributed by atoms with E-state index >= 15 is 0 Å². The Morgan fingerprint density at radius 3 is 1.83 bits per heavy atom. The van der Waals surface area contributed by atoms with E-state index in [1.165, 1.54) is 31.2 Å². The van der Waals surface area contributed by atoms with Gasteiger partial charge in [0.1, 0.15) is 48.3 Å². The molecule has 0 unspecified atom stereocenters. The third kappa shape index (κ3) is 26.8. The van der Waals surface area contributed by atoms with Gasteiger partial charge in [0, 0.05) is 67.0 Å². The van der Waals surface area contributed by atoms with Crippen molar-refractivity contribution in [3.8, 4) is 0 Å². The van der Waals surface area contributed by atoms with E-state index in [9.17, 15) is 62.3 Å². The van der Waals surface area contributed by atoms with Crippen LogP contribution in [0.5, 0.6) is 0 Å². The van der Waals surface area contributed by atoms with Crippen molar-refractivity contribution >= 4 is 112 Å². The van der Waals surface area contributed by atoms with Crippen LogP contribution in [-0.4, -0.2) is 184 Å². The molecule has 1 aromatic carbocycles. The van der Waals surface area contributed by atoms with Gasteiger partial charge >= 0.3 is 0 Å². The predicted molar refractivity (Wildman–Crippen MR) is 331 cm³/mol. The molecular weight excluding hydrogens is 1180 g/mol. The summed E-state index contributed by atoms with van der Waals surface area (Å²) in [6.07, 6.45) is 7.10. The van der Waals surface area contributed by atoms with Gasteiger partial charge in [-0.15, -0.1) is 0 Å². The Labute approximate surface area is 520 Å². The SMILES string of the molecule is CSCC[C@H](NC(=O)[C@H](CC(C)C)NC(=O)[C@H](Cc1cnc[nH]1)NC(=O)CNC(=O)[C@@H](NC(=O)[C@H](C)NC(=O)[C@H](Cc1c[nH]c2ccccc12)NC(=O)[C@H](CCC(N)=O)NC(=O)CCCCCNC(=O)[C@H](CS)NC(=O)CNC(=O)CN)C(C)C)C(N)=O. The van der Waals surface area contributed by atoms with Crippen LogP contribution in [0.3, 0.4) is 0 Å². The monoisotopic (exact) mass is 1270 g/mol. The molecule has 0 aliphatic heterocycles. The molecule has 30 nitrogen and oxygen atoms in total. The van der Waals surface area contributed by atoms with Crippen LogP contribution in [0.15, 0.2) is 43.0 Å². The zero-order valence-corrected chi connectivity index (χ0v) is 52.2. The van der Waals surface area contributed by atoms with E-state index < -0.39 is 138 Å². The number of unbranched alkanes of at least 4 members (excludes halogenated alkanes) is 2. The van der Waals surface area contributed by atoms with Crippen LogP contribution in [0.1, 0.15) is 97.2 Å². The maximum absolute atomic E-state index is 14.3. The third-order valence-electron chi connectivity index (χ3n) is 13.6. The molecule has 0 radical (unpaired) electrons. The topological polar surface area (TPSA) is 477 Å². The van der Waals surface area contributed by atoms with Gasteiger partial charge in [0.15, 0.2) is 0 Å². The number of H-pyrrole nitrogens is 2. The number of benzene rings is 1. The number of carbonyl (C=O) groups is 13. The number of imidazole rings is 1. The molecule has 19 N–H and O–H groups in total. The van der Waals surface area contributed by atoms with Crippen LogP contribution in [0.4, 0.5) is 0 Å². The van der Waals surface area contributed by atoms with Gasteiger partial charge in [-0.1, -0.05) is 52.3 Å². The standard InChI is InChI=1S/C56H87N17O13S2/c1-30(2)20-39(54(84)70-37(49(59)79)17-19-88-6)71-55(85)41(22-34-25-60-29-65-34)68-47(78)27-64-56(86)48(31(3)4)73-50(80)32(5)66-53(83)40(21-33-24-62-36-13-10-9-12-35(33)36)72-52(82)38(15-16-43(58)74)67-44(75)14-8-7-11-18-61-51(81)42(28-87)69-46(77)26-63-45(76)23-57/h9-10,12-13,24-25,29-32,37-42,48,62,87H,7-8,11,14-23,26-28,57H2,1-6H3,(H2,58,74)(H2,59,79)(H,60,65)(H,61,81)(H,63,76)(H,64,86)(H,66,83)(H,67,75)(H,68,78)(H,69,77)(H,70,84)(H,71,85)(H,72,82)(H,73,80)/t32-,37-,38-,39-,40-,41-,42-,48-/m0/s1. The number of rotatable bonds is 41. The first kappa shape index (κ1) is 74.0. The number of hydrogen-bond donors (Lipinski definition) is 17. The van der Waals surface area contributed by atoms with E-state index in [1.807, 2.05) is 20.1 Å². The van der Waals surface area contributed by atoms with E-state index in [4.69, 9.17) is 17.2 Å². The average molecular weight is 1270 g/mol. The molecule has 0 aliphatic rings. The van der Waals surface area contributed by atoms with Crippen molar-refractivity contribution in [2.75, 3.05) is 43.9 Å². The summed E-state index contributed by atoms with van der Waals surface area (Å²) in [5.41, 5.74) is 18.0. The van der Waals surface area contributed by atoms with Crippen molar-refractivity contribution in [1.29, 1.82) is 0 Å². The van der Waals surface area contributed by atoms with Crippen LogP contribution in [-0.2, 0) is 75.2 Å². The molecule has 3 rings (SSSR count). The van der Waals surface area contributed by atoms with Gasteiger partial charge in [-0.3, -0.25) is 62.3 Å². The molecule has 486 valence electrons. The minimum absolute atomic E-state index is 0.0240. The average Bonchev–Trinajstić information content (AvgIpc) is 4.36. The van der Waals surface area contributed by atoms with Gasteiger partial charge in [0.05, 0.1) is 26.0 Å². The molecule has 0 fully saturated rings. The Kier molecular flexibility index (Phi) is 32.6. The molecule has 32 heteroatoms. The number of primary amides is 2. The summed E-state index contributed by atoms with van der Waals surface area (Å²) in [6, 6.07) is -2.53. The molecule has 0 aliphatic carbocycles. The molecule has 2 heterocycles. The molecule has 0 spiro atoms. The first-order chi connectivity index (χ1) is 41.8. The highest BCUT2D eigenvalue weighted by molar-refractivity contribution is 7.98. The first-order valence-electron chi connectivity index (χ1n) is 28.9. The summed E-state index contributed by atoms with van der Waals surface area (Å²) in [5, 5.41) is 29.1. The van der Waals surface area contributed by atoms with Gasteiger partial charge in [-0.2, -0.15) is 24.4 Å². The van der Waals surface area contributed by atoms with E-state index in [2.05, 4.69) is 86.1 Å². The van der Waals surface area contributed by atoms with Crippen molar-refractivity contribution in [3.63, 3.8) is 0 Å². The molecule has 8 atom stereocenters. The van der Waals surface area contributed by atoms with Crippen LogP contribution < -0.4 is 75.7 Å². The molecule has 0 saturated carbocycles. The number of hydrogen-bond acceptors (Lipinski definition) is 17. The van der Waals surface area contributed by atoms with Crippen LogP contribution in [0.25, 0.3) is 10.9 Å². The fourth-order valence-electron chi connectivity index (χ4n) is 8.75. The number of thiol groups is 1. The second-order valence-corrected chi connectivity index (χ2v) is 23.0. The van der Waals surface area contributed by atoms with Crippen LogP contribution in [0, 0.1) is 11.8 Å². The molecule has 2 aromatic heterocycles. The quantitative estimate of drug-likeness (QED) is 0.0194. The molecular formula is C56H87N17O13S2. The summed E-state index contributed by atoms with van der Waals surface area (Å²) in [7, 11) is 0. The second-order valence-electron chi connectivity index (χ2n) is 21.7. The summed E-state index contributed by atoms with van der Waals surface area (Å²) >= 11 is 5.58. The summed E-state index contributed by atoms with van der Waals surface area (Å²) in [5.74, 6) is -9.39. The number of aromatic nitrogens is 3. The lowest BCUT2D eigenvalue weighted by atomic mass is 10.0. The van der Waals surface area contributed by atoms with Crippen molar-refractivity contribution in [1.82, 2.24) is 73.4 Å². The lowest BCUT2D eigenvalue weighted by Crippen LogP contribution is -2.59. The number of nitrogens with one attached hydrogen (secondary N) is 13. The van der Waals surface area contributed by atoms with Gasteiger partial charge in [-0.25, -0.2) is 4.98 Å². The summed E-state index contributed by atoms with van der Waals surface area (Å²) in [6.45, 7) is 7.12. The van der Waals surface area contributed by atoms with Crippen molar-refractivity contribution < 1.29 is 62.3 Å². The Morgan fingerprint density at radius 1 is 0.591 bits per heavy atom. The molecule has 13 amide bonds. The number of carbonyl (C=O) groups excluding carboxylic acids is 13. The van der Waals surface area contributed by atoms with E-state index in [-0.39, 0.29) is 76.3 Å². The maximum atomic E-state index is 14.3. The minimum atomic E-state index is -1.39. The number of aromatic amines is 2. The van der Waals surface area contributed by atoms with E-state index in [0.717, 1.165) is 10.9 Å². The Morgan fingerprint density at radius 2 is 1.20 bits per heavy atom. The van der Waals surface area contributed by atoms with Crippen molar-refractivity contribution in [2.24, 2.45) is 29.0 Å². The number of amides is 13. The molecule has 88 heavy (non-hydrogen) atoms.